The van der Waals surface area contributed by atoms with Crippen LogP contribution in [0.5, 0.6) is 0 Å². The minimum atomic E-state index is 0.714. The van der Waals surface area contributed by atoms with Gasteiger partial charge in [-0.05, 0) is 101 Å². The van der Waals surface area contributed by atoms with Gasteiger partial charge in [0, 0.05) is 66.5 Å². The van der Waals surface area contributed by atoms with E-state index in [2.05, 4.69) is 180 Å². The number of para-hydroxylation sites is 2. The topological polar surface area (TPSA) is 58.5 Å². The van der Waals surface area contributed by atoms with E-state index in [9.17, 15) is 0 Å². The predicted molar refractivity (Wildman–Crippen MR) is 270 cm³/mol. The summed E-state index contributed by atoms with van der Waals surface area (Å²) in [4.78, 5) is 15.8. The van der Waals surface area contributed by atoms with Crippen LogP contribution in [0.15, 0.2) is 227 Å². The van der Waals surface area contributed by atoms with Gasteiger partial charge in [0.25, 0.3) is 0 Å². The molecule has 0 unspecified atom stereocenters. The van der Waals surface area contributed by atoms with Crippen LogP contribution >= 0.6 is 11.3 Å². The molecule has 0 N–H and O–H groups in total. The molecule has 0 aliphatic rings. The molecule has 0 saturated carbocycles. The van der Waals surface area contributed by atoms with Crippen molar-refractivity contribution in [2.24, 2.45) is 0 Å². The van der Waals surface area contributed by atoms with Crippen LogP contribution in [-0.2, 0) is 0 Å². The zero-order valence-corrected chi connectivity index (χ0v) is 35.6. The van der Waals surface area contributed by atoms with Crippen LogP contribution < -0.4 is 9.80 Å². The van der Waals surface area contributed by atoms with Gasteiger partial charge in [-0.15, -0.1) is 11.3 Å². The Balaban J connectivity index is 0.929. The zero-order valence-electron chi connectivity index (χ0n) is 34.8. The molecule has 4 heterocycles. The molecule has 0 saturated heterocycles. The van der Waals surface area contributed by atoms with Crippen LogP contribution in [-0.4, -0.2) is 9.97 Å². The number of furan rings is 2. The summed E-state index contributed by atoms with van der Waals surface area (Å²) >= 11 is 1.65. The smallest absolute Gasteiger partial charge is 0.157 e. The van der Waals surface area contributed by atoms with Crippen molar-refractivity contribution in [3.63, 3.8) is 0 Å². The fraction of sp³-hybridized carbons (Fsp3) is 0. The van der Waals surface area contributed by atoms with Crippen molar-refractivity contribution in [2.45, 2.75) is 0 Å². The molecule has 0 bridgehead atoms. The quantitative estimate of drug-likeness (QED) is 0.152. The monoisotopic (exact) mass is 852 g/mol. The molecule has 0 spiro atoms. The number of hydrogen-bond donors (Lipinski definition) is 0. The van der Waals surface area contributed by atoms with Crippen molar-refractivity contribution in [1.29, 1.82) is 0 Å². The summed E-state index contributed by atoms with van der Waals surface area (Å²) in [6.07, 6.45) is 1.89. The highest BCUT2D eigenvalue weighted by Crippen LogP contribution is 2.44. The first-order valence-corrected chi connectivity index (χ1v) is 22.4. The van der Waals surface area contributed by atoms with Gasteiger partial charge in [-0.1, -0.05) is 121 Å². The molecule has 6 nitrogen and oxygen atoms in total. The van der Waals surface area contributed by atoms with E-state index in [1.54, 1.807) is 11.3 Å². The minimum absolute atomic E-state index is 0.714. The van der Waals surface area contributed by atoms with Gasteiger partial charge in [0.2, 0.25) is 0 Å². The molecule has 0 radical (unpaired) electrons. The summed E-state index contributed by atoms with van der Waals surface area (Å²) in [5, 5.41) is 5.43. The van der Waals surface area contributed by atoms with Gasteiger partial charge in [0.05, 0.1) is 11.9 Å². The first-order valence-electron chi connectivity index (χ1n) is 21.6. The lowest BCUT2D eigenvalue weighted by Crippen LogP contribution is -2.11. The lowest BCUT2D eigenvalue weighted by Gasteiger charge is -2.25. The summed E-state index contributed by atoms with van der Waals surface area (Å²) in [6, 6.07) is 74.2. The molecule has 13 aromatic rings. The van der Waals surface area contributed by atoms with E-state index in [1.807, 2.05) is 48.7 Å². The van der Waals surface area contributed by atoms with E-state index in [0.29, 0.717) is 5.82 Å². The minimum Gasteiger partial charge on any atom is -0.456 e. The largest absolute Gasteiger partial charge is 0.456 e. The summed E-state index contributed by atoms with van der Waals surface area (Å²) in [6.45, 7) is 0. The molecule has 0 fully saturated rings. The summed E-state index contributed by atoms with van der Waals surface area (Å²) in [5.41, 5.74) is 13.9. The highest BCUT2D eigenvalue weighted by molar-refractivity contribution is 7.25. The Morgan fingerprint density at radius 2 is 0.785 bits per heavy atom. The Kier molecular flexibility index (Phi) is 8.60. The van der Waals surface area contributed by atoms with Gasteiger partial charge in [-0.25, -0.2) is 9.97 Å². The maximum atomic E-state index is 6.41. The van der Waals surface area contributed by atoms with Crippen LogP contribution in [0.2, 0.25) is 0 Å². The molecule has 4 aromatic heterocycles. The van der Waals surface area contributed by atoms with Crippen molar-refractivity contribution in [3.05, 3.63) is 219 Å². The molecule has 0 amide bonds. The molecule has 9 aromatic carbocycles. The molecule has 0 aliphatic carbocycles. The Labute approximate surface area is 377 Å². The average molecular weight is 853 g/mol. The summed E-state index contributed by atoms with van der Waals surface area (Å²) in [7, 11) is 0. The van der Waals surface area contributed by atoms with E-state index in [4.69, 9.17) is 18.8 Å². The van der Waals surface area contributed by atoms with Gasteiger partial charge in [-0.2, -0.15) is 0 Å². The van der Waals surface area contributed by atoms with Gasteiger partial charge < -0.3 is 13.7 Å². The number of rotatable bonds is 8. The van der Waals surface area contributed by atoms with Gasteiger partial charge in [0.1, 0.15) is 32.7 Å². The first kappa shape index (κ1) is 37.1. The second kappa shape index (κ2) is 15.1. The lowest BCUT2D eigenvalue weighted by molar-refractivity contribution is 0.668. The maximum Gasteiger partial charge on any atom is 0.157 e. The van der Waals surface area contributed by atoms with Gasteiger partial charge in [0.15, 0.2) is 5.82 Å². The number of fused-ring (bicyclic) bond motifs is 9. The van der Waals surface area contributed by atoms with Crippen LogP contribution in [0, 0.1) is 0 Å². The maximum absolute atomic E-state index is 6.41. The van der Waals surface area contributed by atoms with Crippen molar-refractivity contribution in [3.8, 4) is 22.3 Å². The van der Waals surface area contributed by atoms with Crippen LogP contribution in [0.4, 0.5) is 34.3 Å². The van der Waals surface area contributed by atoms with Crippen molar-refractivity contribution in [1.82, 2.24) is 9.97 Å². The molecular weight excluding hydrogens is 817 g/mol. The molecule has 7 heteroatoms. The molecule has 306 valence electrons. The number of hydrogen-bond acceptors (Lipinski definition) is 7. The number of benzene rings is 9. The standard InChI is InChI=1S/C58H36N4O2S/c1-3-11-37(12-4-1)39-19-23-41(24-20-39)61(43-27-30-48-46-15-7-9-17-51(46)63-53(48)33-43)45-29-32-50-55(35-45)65-58-57(50)59-36-56(60-58)62(42-25-21-40(22-26-42)38-13-5-2-6-14-38)44-28-31-49-47-16-8-10-18-52(47)64-54(49)34-44/h1-36H. The van der Waals surface area contributed by atoms with Crippen molar-refractivity contribution < 1.29 is 8.83 Å². The predicted octanol–water partition coefficient (Wildman–Crippen LogP) is 16.9. The Morgan fingerprint density at radius 1 is 0.354 bits per heavy atom. The molecule has 13 rings (SSSR count). The van der Waals surface area contributed by atoms with Crippen molar-refractivity contribution in [2.75, 3.05) is 9.80 Å². The molecule has 65 heavy (non-hydrogen) atoms. The lowest BCUT2D eigenvalue weighted by atomic mass is 10.0. The van der Waals surface area contributed by atoms with Crippen LogP contribution in [0.25, 0.3) is 86.6 Å². The number of thiophene rings is 1. The number of anilines is 6. The fourth-order valence-electron chi connectivity index (χ4n) is 9.20. The third kappa shape index (κ3) is 6.40. The second-order valence-corrected chi connectivity index (χ2v) is 17.2. The second-order valence-electron chi connectivity index (χ2n) is 16.2. The summed E-state index contributed by atoms with van der Waals surface area (Å²) < 4.78 is 13.9. The molecule has 0 atom stereocenters. The fourth-order valence-corrected chi connectivity index (χ4v) is 10.3. The van der Waals surface area contributed by atoms with E-state index in [1.165, 1.54) is 5.56 Å². The zero-order chi connectivity index (χ0) is 42.8. The Bertz CT molecular complexity index is 3640. The summed E-state index contributed by atoms with van der Waals surface area (Å²) in [5.74, 6) is 0.714. The molecule has 0 aliphatic heterocycles. The first-order chi connectivity index (χ1) is 32.2. The van der Waals surface area contributed by atoms with Crippen LogP contribution in [0.3, 0.4) is 0 Å². The average Bonchev–Trinajstić information content (AvgIpc) is 4.05. The normalized spacial score (nSPS) is 11.7. The van der Waals surface area contributed by atoms with E-state index in [0.717, 1.165) is 109 Å². The third-order valence-corrected chi connectivity index (χ3v) is 13.4. The van der Waals surface area contributed by atoms with Crippen molar-refractivity contribution >= 4 is 110 Å². The van der Waals surface area contributed by atoms with E-state index < -0.39 is 0 Å². The number of aromatic nitrogens is 2. The number of nitrogens with zero attached hydrogens (tertiary/aromatic N) is 4. The van der Waals surface area contributed by atoms with Gasteiger partial charge in [-0.3, -0.25) is 4.90 Å². The highest BCUT2D eigenvalue weighted by Gasteiger charge is 2.21. The Hall–Kier alpha value is -8.52. The van der Waals surface area contributed by atoms with Gasteiger partial charge >= 0.3 is 0 Å². The molecular formula is C58H36N4O2S. The van der Waals surface area contributed by atoms with E-state index >= 15 is 0 Å². The van der Waals surface area contributed by atoms with Crippen LogP contribution in [0.1, 0.15) is 0 Å². The SMILES string of the molecule is c1ccc(-c2ccc(N(c3ccc4c(c3)oc3ccccc34)c3ccc4c(c3)sc3nc(N(c5ccc(-c6ccccc6)cc5)c5ccc6c(c5)oc5ccccc56)cnc34)cc2)cc1. The third-order valence-electron chi connectivity index (χ3n) is 12.3. The highest BCUT2D eigenvalue weighted by atomic mass is 32.1. The van der Waals surface area contributed by atoms with E-state index in [-0.39, 0.29) is 0 Å². The Morgan fingerprint density at radius 3 is 1.35 bits per heavy atom.